The van der Waals surface area contributed by atoms with Crippen LogP contribution in [-0.2, 0) is 9.53 Å². The molecule has 0 aromatic carbocycles. The summed E-state index contributed by atoms with van der Waals surface area (Å²) in [6, 6.07) is 0.372. The third-order valence-corrected chi connectivity index (χ3v) is 2.73. The maximum Gasteiger partial charge on any atom is 0.246 e. The Hall–Kier alpha value is -0.570. The zero-order valence-electron chi connectivity index (χ0n) is 8.51. The van der Waals surface area contributed by atoms with Gasteiger partial charge in [0.15, 0.2) is 0 Å². The van der Waals surface area contributed by atoms with Gasteiger partial charge in [-0.25, -0.2) is 0 Å². The zero-order valence-corrected chi connectivity index (χ0v) is 8.51. The smallest absolute Gasteiger partial charge is 0.246 e. The molecule has 76 valence electrons. The molecular weight excluding hydrogens is 166 g/mol. The fourth-order valence-corrected chi connectivity index (χ4v) is 1.91. The van der Waals surface area contributed by atoms with E-state index in [1.807, 2.05) is 0 Å². The number of amides is 1. The summed E-state index contributed by atoms with van der Waals surface area (Å²) in [6.07, 6.45) is 4.90. The standard InChI is InChI=1S/C10H19NO2/c1-8-5-3-4-6-9(8)11-10(12)7-13-2/h8-9H,3-7H2,1-2H3,(H,11,12). The van der Waals surface area contributed by atoms with Crippen molar-refractivity contribution >= 4 is 5.91 Å². The predicted molar refractivity (Wildman–Crippen MR) is 51.4 cm³/mol. The van der Waals surface area contributed by atoms with Crippen LogP contribution in [-0.4, -0.2) is 25.7 Å². The fraction of sp³-hybridized carbons (Fsp3) is 0.900. The Morgan fingerprint density at radius 3 is 2.77 bits per heavy atom. The van der Waals surface area contributed by atoms with Crippen LogP contribution in [0.5, 0.6) is 0 Å². The van der Waals surface area contributed by atoms with Gasteiger partial charge < -0.3 is 10.1 Å². The first-order valence-electron chi connectivity index (χ1n) is 5.02. The lowest BCUT2D eigenvalue weighted by Gasteiger charge is -2.29. The molecule has 3 nitrogen and oxygen atoms in total. The van der Waals surface area contributed by atoms with Gasteiger partial charge in [-0.05, 0) is 18.8 Å². The molecule has 1 amide bonds. The topological polar surface area (TPSA) is 38.3 Å². The summed E-state index contributed by atoms with van der Waals surface area (Å²) >= 11 is 0. The van der Waals surface area contributed by atoms with Crippen LogP contribution in [0, 0.1) is 5.92 Å². The highest BCUT2D eigenvalue weighted by Crippen LogP contribution is 2.23. The van der Waals surface area contributed by atoms with Crippen molar-refractivity contribution in [1.82, 2.24) is 5.32 Å². The molecule has 0 spiro atoms. The summed E-state index contributed by atoms with van der Waals surface area (Å²) in [5.41, 5.74) is 0. The number of ether oxygens (including phenoxy) is 1. The molecule has 0 aromatic rings. The molecule has 0 aliphatic heterocycles. The van der Waals surface area contributed by atoms with Crippen LogP contribution < -0.4 is 5.32 Å². The second-order valence-electron chi connectivity index (χ2n) is 3.87. The van der Waals surface area contributed by atoms with Gasteiger partial charge in [-0.1, -0.05) is 19.8 Å². The lowest BCUT2D eigenvalue weighted by atomic mass is 9.86. The highest BCUT2D eigenvalue weighted by Gasteiger charge is 2.22. The third kappa shape index (κ3) is 3.35. The van der Waals surface area contributed by atoms with Crippen molar-refractivity contribution in [2.45, 2.75) is 38.6 Å². The Balaban J connectivity index is 2.29. The SMILES string of the molecule is COCC(=O)NC1CCCCC1C. The first-order chi connectivity index (χ1) is 6.24. The van der Waals surface area contributed by atoms with Gasteiger partial charge in [0.2, 0.25) is 5.91 Å². The van der Waals surface area contributed by atoms with Crippen LogP contribution in [0.2, 0.25) is 0 Å². The van der Waals surface area contributed by atoms with Gasteiger partial charge in [0.1, 0.15) is 6.61 Å². The number of carbonyl (C=O) groups excluding carboxylic acids is 1. The Morgan fingerprint density at radius 1 is 1.46 bits per heavy atom. The number of hydrogen-bond donors (Lipinski definition) is 1. The van der Waals surface area contributed by atoms with E-state index in [1.165, 1.54) is 19.3 Å². The summed E-state index contributed by atoms with van der Waals surface area (Å²) in [7, 11) is 1.55. The van der Waals surface area contributed by atoms with E-state index in [4.69, 9.17) is 4.74 Å². The molecule has 2 unspecified atom stereocenters. The van der Waals surface area contributed by atoms with E-state index in [-0.39, 0.29) is 12.5 Å². The van der Waals surface area contributed by atoms with Crippen LogP contribution in [0.25, 0.3) is 0 Å². The third-order valence-electron chi connectivity index (χ3n) is 2.73. The summed E-state index contributed by atoms with van der Waals surface area (Å²) in [5, 5.41) is 3.01. The van der Waals surface area contributed by atoms with Crippen molar-refractivity contribution in [1.29, 1.82) is 0 Å². The van der Waals surface area contributed by atoms with E-state index in [1.54, 1.807) is 7.11 Å². The van der Waals surface area contributed by atoms with E-state index in [0.29, 0.717) is 12.0 Å². The highest BCUT2D eigenvalue weighted by molar-refractivity contribution is 5.77. The molecule has 1 rings (SSSR count). The first-order valence-corrected chi connectivity index (χ1v) is 5.02. The Labute approximate surface area is 79.8 Å². The Kier molecular flexibility index (Phi) is 4.22. The summed E-state index contributed by atoms with van der Waals surface area (Å²) in [5.74, 6) is 0.635. The van der Waals surface area contributed by atoms with Crippen molar-refractivity contribution in [3.8, 4) is 0 Å². The number of methoxy groups -OCH3 is 1. The zero-order chi connectivity index (χ0) is 9.68. The molecule has 1 fully saturated rings. The second-order valence-corrected chi connectivity index (χ2v) is 3.87. The summed E-state index contributed by atoms with van der Waals surface area (Å²) in [4.78, 5) is 11.2. The van der Waals surface area contributed by atoms with Crippen molar-refractivity contribution in [2.75, 3.05) is 13.7 Å². The molecule has 0 radical (unpaired) electrons. The minimum absolute atomic E-state index is 0.0150. The summed E-state index contributed by atoms with van der Waals surface area (Å²) in [6.45, 7) is 2.39. The van der Waals surface area contributed by atoms with E-state index in [0.717, 1.165) is 6.42 Å². The minimum atomic E-state index is 0.0150. The molecule has 2 atom stereocenters. The van der Waals surface area contributed by atoms with Gasteiger partial charge in [0.25, 0.3) is 0 Å². The molecule has 0 aromatic heterocycles. The minimum Gasteiger partial charge on any atom is -0.375 e. The second kappa shape index (κ2) is 5.22. The number of hydrogen-bond acceptors (Lipinski definition) is 2. The van der Waals surface area contributed by atoms with Gasteiger partial charge in [0, 0.05) is 13.2 Å². The maximum atomic E-state index is 11.2. The molecule has 1 aliphatic carbocycles. The van der Waals surface area contributed by atoms with E-state index >= 15 is 0 Å². The van der Waals surface area contributed by atoms with Crippen LogP contribution in [0.15, 0.2) is 0 Å². The molecule has 3 heteroatoms. The maximum absolute atomic E-state index is 11.2. The van der Waals surface area contributed by atoms with E-state index < -0.39 is 0 Å². The van der Waals surface area contributed by atoms with E-state index in [2.05, 4.69) is 12.2 Å². The normalized spacial score (nSPS) is 28.5. The number of carbonyl (C=O) groups is 1. The van der Waals surface area contributed by atoms with Gasteiger partial charge in [-0.3, -0.25) is 4.79 Å². The monoisotopic (exact) mass is 185 g/mol. The quantitative estimate of drug-likeness (QED) is 0.720. The number of nitrogens with one attached hydrogen (secondary N) is 1. The van der Waals surface area contributed by atoms with Crippen LogP contribution in [0.3, 0.4) is 0 Å². The van der Waals surface area contributed by atoms with Crippen LogP contribution in [0.1, 0.15) is 32.6 Å². The largest absolute Gasteiger partial charge is 0.375 e. The lowest BCUT2D eigenvalue weighted by molar-refractivity contribution is -0.126. The average Bonchev–Trinajstić information content (AvgIpc) is 2.09. The van der Waals surface area contributed by atoms with Crippen LogP contribution >= 0.6 is 0 Å². The molecule has 13 heavy (non-hydrogen) atoms. The lowest BCUT2D eigenvalue weighted by Crippen LogP contribution is -2.42. The Morgan fingerprint density at radius 2 is 2.15 bits per heavy atom. The molecule has 1 N–H and O–H groups in total. The predicted octanol–water partition coefficient (Wildman–Crippen LogP) is 1.33. The molecule has 1 aliphatic rings. The van der Waals surface area contributed by atoms with Gasteiger partial charge in [-0.2, -0.15) is 0 Å². The Bertz CT molecular complexity index is 170. The summed E-state index contributed by atoms with van der Waals surface area (Å²) < 4.78 is 4.77. The molecule has 0 saturated heterocycles. The molecule has 0 heterocycles. The van der Waals surface area contributed by atoms with Crippen molar-refractivity contribution in [3.63, 3.8) is 0 Å². The van der Waals surface area contributed by atoms with Gasteiger partial charge >= 0.3 is 0 Å². The van der Waals surface area contributed by atoms with Crippen LogP contribution in [0.4, 0.5) is 0 Å². The number of rotatable bonds is 3. The van der Waals surface area contributed by atoms with E-state index in [9.17, 15) is 4.79 Å². The van der Waals surface area contributed by atoms with Crippen molar-refractivity contribution in [3.05, 3.63) is 0 Å². The fourth-order valence-electron chi connectivity index (χ4n) is 1.91. The molecular formula is C10H19NO2. The van der Waals surface area contributed by atoms with Gasteiger partial charge in [-0.15, -0.1) is 0 Å². The first kappa shape index (κ1) is 10.5. The van der Waals surface area contributed by atoms with Crippen molar-refractivity contribution < 1.29 is 9.53 Å². The molecule has 0 bridgehead atoms. The van der Waals surface area contributed by atoms with Crippen molar-refractivity contribution in [2.24, 2.45) is 5.92 Å². The highest BCUT2D eigenvalue weighted by atomic mass is 16.5. The molecule has 1 saturated carbocycles. The van der Waals surface area contributed by atoms with Gasteiger partial charge in [0.05, 0.1) is 0 Å². The average molecular weight is 185 g/mol.